The first kappa shape index (κ1) is 16.6. The minimum Gasteiger partial charge on any atom is -0.497 e. The van der Waals surface area contributed by atoms with E-state index in [-0.39, 0.29) is 5.91 Å². The van der Waals surface area contributed by atoms with E-state index in [9.17, 15) is 4.79 Å². The van der Waals surface area contributed by atoms with Crippen LogP contribution < -0.4 is 4.74 Å². The van der Waals surface area contributed by atoms with Crippen LogP contribution in [0.15, 0.2) is 48.5 Å². The number of aromatic nitrogens is 2. The Balaban J connectivity index is 1.75. The Morgan fingerprint density at radius 2 is 1.88 bits per heavy atom. The van der Waals surface area contributed by atoms with Crippen molar-refractivity contribution in [2.75, 3.05) is 20.2 Å². The maximum atomic E-state index is 12.9. The van der Waals surface area contributed by atoms with Crippen LogP contribution in [0.5, 0.6) is 5.75 Å². The van der Waals surface area contributed by atoms with Crippen LogP contribution >= 0.6 is 0 Å². The van der Waals surface area contributed by atoms with Gasteiger partial charge >= 0.3 is 0 Å². The minimum absolute atomic E-state index is 0.164. The molecule has 1 amide bonds. The third kappa shape index (κ3) is 3.17. The van der Waals surface area contributed by atoms with Gasteiger partial charge in [-0.1, -0.05) is 24.3 Å². The third-order valence-corrected chi connectivity index (χ3v) is 4.98. The monoisotopic (exact) mass is 349 g/mol. The lowest BCUT2D eigenvalue weighted by Crippen LogP contribution is -2.37. The van der Waals surface area contributed by atoms with Crippen molar-refractivity contribution < 1.29 is 9.53 Å². The molecule has 0 aliphatic carbocycles. The second-order valence-corrected chi connectivity index (χ2v) is 6.68. The first-order valence-electron chi connectivity index (χ1n) is 9.14. The van der Waals surface area contributed by atoms with Gasteiger partial charge in [0.2, 0.25) is 5.91 Å². The Hall–Kier alpha value is -2.82. The molecule has 134 valence electrons. The zero-order valence-corrected chi connectivity index (χ0v) is 15.0. The molecule has 0 radical (unpaired) electrons. The summed E-state index contributed by atoms with van der Waals surface area (Å²) >= 11 is 0. The fourth-order valence-electron chi connectivity index (χ4n) is 3.60. The van der Waals surface area contributed by atoms with Crippen molar-refractivity contribution in [1.29, 1.82) is 0 Å². The smallest absolute Gasteiger partial charge is 0.242 e. The third-order valence-electron chi connectivity index (χ3n) is 4.98. The van der Waals surface area contributed by atoms with Crippen LogP contribution in [-0.2, 0) is 11.3 Å². The molecule has 1 fully saturated rings. The summed E-state index contributed by atoms with van der Waals surface area (Å²) in [5.41, 5.74) is 2.83. The van der Waals surface area contributed by atoms with Crippen LogP contribution in [0.2, 0.25) is 0 Å². The summed E-state index contributed by atoms with van der Waals surface area (Å²) in [7, 11) is 1.65. The van der Waals surface area contributed by atoms with Gasteiger partial charge in [-0.05, 0) is 43.5 Å². The number of benzene rings is 2. The molecule has 2 aromatic carbocycles. The minimum atomic E-state index is 0.164. The molecule has 5 heteroatoms. The van der Waals surface area contributed by atoms with Crippen molar-refractivity contribution in [2.24, 2.45) is 0 Å². The van der Waals surface area contributed by atoms with Crippen molar-refractivity contribution >= 4 is 16.9 Å². The topological polar surface area (TPSA) is 47.4 Å². The van der Waals surface area contributed by atoms with E-state index in [1.807, 2.05) is 58.0 Å². The van der Waals surface area contributed by atoms with E-state index >= 15 is 0 Å². The highest BCUT2D eigenvalue weighted by Crippen LogP contribution is 2.27. The first-order valence-corrected chi connectivity index (χ1v) is 9.14. The predicted molar refractivity (Wildman–Crippen MR) is 102 cm³/mol. The number of imidazole rings is 1. The molecule has 1 aliphatic heterocycles. The van der Waals surface area contributed by atoms with Gasteiger partial charge in [0.25, 0.3) is 0 Å². The largest absolute Gasteiger partial charge is 0.497 e. The van der Waals surface area contributed by atoms with Gasteiger partial charge in [-0.3, -0.25) is 4.79 Å². The summed E-state index contributed by atoms with van der Waals surface area (Å²) < 4.78 is 7.38. The number of nitrogens with zero attached hydrogens (tertiary/aromatic N) is 3. The number of carbonyl (C=O) groups is 1. The maximum absolute atomic E-state index is 12.9. The van der Waals surface area contributed by atoms with Gasteiger partial charge in [-0.25, -0.2) is 4.98 Å². The number of hydrogen-bond donors (Lipinski definition) is 0. The lowest BCUT2D eigenvalue weighted by molar-refractivity contribution is -0.132. The summed E-state index contributed by atoms with van der Waals surface area (Å²) in [5.74, 6) is 1.75. The maximum Gasteiger partial charge on any atom is 0.242 e. The van der Waals surface area contributed by atoms with Crippen LogP contribution in [0.1, 0.15) is 19.3 Å². The molecular weight excluding hydrogens is 326 g/mol. The van der Waals surface area contributed by atoms with Gasteiger partial charge in [0.1, 0.15) is 18.1 Å². The fraction of sp³-hybridized carbons (Fsp3) is 0.333. The second kappa shape index (κ2) is 7.20. The molecular formula is C21H23N3O2. The lowest BCUT2D eigenvalue weighted by Gasteiger charge is -2.27. The molecule has 26 heavy (non-hydrogen) atoms. The first-order chi connectivity index (χ1) is 12.8. The lowest BCUT2D eigenvalue weighted by atomic mass is 10.1. The summed E-state index contributed by atoms with van der Waals surface area (Å²) in [6, 6.07) is 15.8. The van der Waals surface area contributed by atoms with Gasteiger partial charge < -0.3 is 14.2 Å². The Labute approximate surface area is 153 Å². The van der Waals surface area contributed by atoms with Gasteiger partial charge in [0.05, 0.1) is 18.1 Å². The van der Waals surface area contributed by atoms with E-state index in [0.717, 1.165) is 54.1 Å². The summed E-state index contributed by atoms with van der Waals surface area (Å²) in [6.45, 7) is 2.03. The average Bonchev–Trinajstić information content (AvgIpc) is 3.07. The number of fused-ring (bicyclic) bond motifs is 1. The molecule has 2 heterocycles. The van der Waals surface area contributed by atoms with Gasteiger partial charge in [0.15, 0.2) is 0 Å². The van der Waals surface area contributed by atoms with Crippen molar-refractivity contribution in [3.8, 4) is 17.1 Å². The second-order valence-electron chi connectivity index (χ2n) is 6.68. The Kier molecular flexibility index (Phi) is 4.61. The molecule has 0 bridgehead atoms. The van der Waals surface area contributed by atoms with Crippen LogP contribution in [0, 0.1) is 0 Å². The SMILES string of the molecule is COc1cccc(-c2nc3ccccc3n2CC(=O)N2CCCCC2)c1. The Morgan fingerprint density at radius 1 is 1.08 bits per heavy atom. The number of rotatable bonds is 4. The molecule has 1 aromatic heterocycles. The fourth-order valence-corrected chi connectivity index (χ4v) is 3.60. The van der Waals surface area contributed by atoms with E-state index in [4.69, 9.17) is 9.72 Å². The zero-order valence-electron chi connectivity index (χ0n) is 15.0. The van der Waals surface area contributed by atoms with E-state index in [1.165, 1.54) is 6.42 Å². The van der Waals surface area contributed by atoms with Crippen molar-refractivity contribution in [3.05, 3.63) is 48.5 Å². The van der Waals surface area contributed by atoms with Crippen LogP contribution in [0.3, 0.4) is 0 Å². The van der Waals surface area contributed by atoms with Gasteiger partial charge in [0, 0.05) is 18.7 Å². The molecule has 4 rings (SSSR count). The van der Waals surface area contributed by atoms with Gasteiger partial charge in [-0.15, -0.1) is 0 Å². The molecule has 0 N–H and O–H groups in total. The number of likely N-dealkylation sites (tertiary alicyclic amines) is 1. The number of methoxy groups -OCH3 is 1. The molecule has 1 saturated heterocycles. The van der Waals surface area contributed by atoms with Gasteiger partial charge in [-0.2, -0.15) is 0 Å². The number of carbonyl (C=O) groups excluding carboxylic acids is 1. The zero-order chi connectivity index (χ0) is 17.9. The summed E-state index contributed by atoms with van der Waals surface area (Å²) in [5, 5.41) is 0. The van der Waals surface area contributed by atoms with Crippen LogP contribution in [0.25, 0.3) is 22.4 Å². The van der Waals surface area contributed by atoms with Crippen molar-refractivity contribution in [2.45, 2.75) is 25.8 Å². The number of piperidine rings is 1. The highest BCUT2D eigenvalue weighted by Gasteiger charge is 2.20. The molecule has 5 nitrogen and oxygen atoms in total. The summed E-state index contributed by atoms with van der Waals surface area (Å²) in [4.78, 5) is 19.6. The highest BCUT2D eigenvalue weighted by molar-refractivity contribution is 5.84. The van der Waals surface area contributed by atoms with E-state index in [0.29, 0.717) is 6.54 Å². The number of ether oxygens (including phenoxy) is 1. The van der Waals surface area contributed by atoms with E-state index in [2.05, 4.69) is 0 Å². The Bertz CT molecular complexity index is 926. The van der Waals surface area contributed by atoms with Crippen LogP contribution in [-0.4, -0.2) is 40.6 Å². The standard InChI is InChI=1S/C21H23N3O2/c1-26-17-9-7-8-16(14-17)21-22-18-10-3-4-11-19(18)24(21)15-20(25)23-12-5-2-6-13-23/h3-4,7-11,14H,2,5-6,12-13,15H2,1H3. The molecule has 0 spiro atoms. The quantitative estimate of drug-likeness (QED) is 0.721. The molecule has 1 aliphatic rings. The Morgan fingerprint density at radius 3 is 2.69 bits per heavy atom. The predicted octanol–water partition coefficient (Wildman–Crippen LogP) is 3.72. The number of hydrogen-bond acceptors (Lipinski definition) is 3. The van der Waals surface area contributed by atoms with E-state index in [1.54, 1.807) is 7.11 Å². The van der Waals surface area contributed by atoms with E-state index < -0.39 is 0 Å². The molecule has 0 atom stereocenters. The number of amides is 1. The van der Waals surface area contributed by atoms with Crippen molar-refractivity contribution in [3.63, 3.8) is 0 Å². The highest BCUT2D eigenvalue weighted by atomic mass is 16.5. The molecule has 3 aromatic rings. The normalized spacial score (nSPS) is 14.6. The molecule has 0 unspecified atom stereocenters. The molecule has 0 saturated carbocycles. The average molecular weight is 349 g/mol. The summed E-state index contributed by atoms with van der Waals surface area (Å²) in [6.07, 6.45) is 3.41. The van der Waals surface area contributed by atoms with Crippen molar-refractivity contribution in [1.82, 2.24) is 14.5 Å². The van der Waals surface area contributed by atoms with Crippen LogP contribution in [0.4, 0.5) is 0 Å². The number of para-hydroxylation sites is 2.